The van der Waals surface area contributed by atoms with Crippen LogP contribution in [0.4, 0.5) is 0 Å². The maximum absolute atomic E-state index is 5.53. The first kappa shape index (κ1) is 10.7. The summed E-state index contributed by atoms with van der Waals surface area (Å²) in [6.07, 6.45) is 1.85. The van der Waals surface area contributed by atoms with Gasteiger partial charge in [-0.2, -0.15) is 0 Å². The van der Waals surface area contributed by atoms with Crippen molar-refractivity contribution in [2.45, 2.75) is 19.1 Å². The molecule has 0 saturated carbocycles. The van der Waals surface area contributed by atoms with Crippen LogP contribution in [0.3, 0.4) is 0 Å². The Morgan fingerprint density at radius 3 is 3.13 bits per heavy atom. The fraction of sp³-hybridized carbons (Fsp3) is 0.636. The van der Waals surface area contributed by atoms with Crippen molar-refractivity contribution >= 4 is 0 Å². The largest absolute Gasteiger partial charge is 0.468 e. The fourth-order valence-corrected chi connectivity index (χ4v) is 1.60. The van der Waals surface area contributed by atoms with Gasteiger partial charge in [0, 0.05) is 6.54 Å². The molecule has 1 saturated heterocycles. The van der Waals surface area contributed by atoms with Gasteiger partial charge in [0.05, 0.1) is 38.2 Å². The highest BCUT2D eigenvalue weighted by Crippen LogP contribution is 2.12. The third-order valence-corrected chi connectivity index (χ3v) is 2.51. The van der Waals surface area contributed by atoms with E-state index in [0.717, 1.165) is 12.3 Å². The van der Waals surface area contributed by atoms with Crippen LogP contribution in [0.1, 0.15) is 18.7 Å². The zero-order valence-corrected chi connectivity index (χ0v) is 8.94. The molecule has 84 valence electrons. The van der Waals surface area contributed by atoms with Crippen LogP contribution < -0.4 is 5.32 Å². The van der Waals surface area contributed by atoms with Crippen molar-refractivity contribution in [3.8, 4) is 0 Å². The summed E-state index contributed by atoms with van der Waals surface area (Å²) in [5.74, 6) is 0.951. The van der Waals surface area contributed by atoms with E-state index in [0.29, 0.717) is 19.8 Å². The molecule has 4 nitrogen and oxygen atoms in total. The van der Waals surface area contributed by atoms with Crippen molar-refractivity contribution in [1.82, 2.24) is 5.32 Å². The first-order chi connectivity index (χ1) is 7.36. The van der Waals surface area contributed by atoms with Gasteiger partial charge in [-0.15, -0.1) is 0 Å². The average molecular weight is 211 g/mol. The van der Waals surface area contributed by atoms with Gasteiger partial charge in [0.25, 0.3) is 0 Å². The summed E-state index contributed by atoms with van der Waals surface area (Å²) in [6, 6.07) is 4.08. The lowest BCUT2D eigenvalue weighted by molar-refractivity contribution is -0.0871. The van der Waals surface area contributed by atoms with Gasteiger partial charge in [0.1, 0.15) is 5.76 Å². The van der Waals surface area contributed by atoms with Crippen LogP contribution in [0.5, 0.6) is 0 Å². The number of hydrogen-bond donors (Lipinski definition) is 1. The molecular formula is C11H17NO3. The molecule has 15 heavy (non-hydrogen) atoms. The summed E-state index contributed by atoms with van der Waals surface area (Å²) in [7, 11) is 0. The molecule has 2 atom stereocenters. The molecule has 1 aromatic rings. The Kier molecular flexibility index (Phi) is 3.77. The molecule has 0 amide bonds. The molecule has 1 aliphatic heterocycles. The summed E-state index contributed by atoms with van der Waals surface area (Å²) in [4.78, 5) is 0. The molecule has 0 bridgehead atoms. The Morgan fingerprint density at radius 2 is 2.47 bits per heavy atom. The first-order valence-electron chi connectivity index (χ1n) is 5.32. The molecule has 2 unspecified atom stereocenters. The molecule has 1 N–H and O–H groups in total. The van der Waals surface area contributed by atoms with Crippen LogP contribution in [0.2, 0.25) is 0 Å². The molecular weight excluding hydrogens is 194 g/mol. The second-order valence-corrected chi connectivity index (χ2v) is 3.71. The van der Waals surface area contributed by atoms with Gasteiger partial charge in [-0.05, 0) is 19.1 Å². The van der Waals surface area contributed by atoms with Crippen molar-refractivity contribution in [2.24, 2.45) is 0 Å². The van der Waals surface area contributed by atoms with Gasteiger partial charge < -0.3 is 19.2 Å². The van der Waals surface area contributed by atoms with Gasteiger partial charge >= 0.3 is 0 Å². The van der Waals surface area contributed by atoms with Crippen LogP contribution in [-0.2, 0) is 9.47 Å². The van der Waals surface area contributed by atoms with E-state index in [-0.39, 0.29) is 12.1 Å². The highest BCUT2D eigenvalue weighted by molar-refractivity contribution is 5.02. The van der Waals surface area contributed by atoms with Gasteiger partial charge in [0.2, 0.25) is 0 Å². The lowest BCUT2D eigenvalue weighted by Crippen LogP contribution is -2.38. The minimum Gasteiger partial charge on any atom is -0.468 e. The smallest absolute Gasteiger partial charge is 0.120 e. The zero-order valence-electron chi connectivity index (χ0n) is 8.94. The highest BCUT2D eigenvalue weighted by Gasteiger charge is 2.16. The second kappa shape index (κ2) is 5.30. The monoisotopic (exact) mass is 211 g/mol. The van der Waals surface area contributed by atoms with E-state index < -0.39 is 0 Å². The van der Waals surface area contributed by atoms with E-state index >= 15 is 0 Å². The van der Waals surface area contributed by atoms with Crippen molar-refractivity contribution in [2.75, 3.05) is 26.4 Å². The van der Waals surface area contributed by atoms with Crippen molar-refractivity contribution in [3.05, 3.63) is 24.2 Å². The van der Waals surface area contributed by atoms with Crippen LogP contribution >= 0.6 is 0 Å². The zero-order chi connectivity index (χ0) is 10.5. The van der Waals surface area contributed by atoms with E-state index in [2.05, 4.69) is 12.2 Å². The lowest BCUT2D eigenvalue weighted by atomic mass is 10.2. The predicted molar refractivity (Wildman–Crippen MR) is 55.7 cm³/mol. The Bertz CT molecular complexity index is 267. The number of ether oxygens (including phenoxy) is 2. The maximum atomic E-state index is 5.53. The van der Waals surface area contributed by atoms with Gasteiger partial charge in [-0.3, -0.25) is 0 Å². The molecule has 0 radical (unpaired) electrons. The molecule has 0 spiro atoms. The Hall–Kier alpha value is -0.840. The number of nitrogens with one attached hydrogen (secondary N) is 1. The van der Waals surface area contributed by atoms with E-state index in [1.54, 1.807) is 6.26 Å². The van der Waals surface area contributed by atoms with Crippen molar-refractivity contribution in [1.29, 1.82) is 0 Å². The molecule has 1 fully saturated rings. The van der Waals surface area contributed by atoms with Crippen LogP contribution in [0, 0.1) is 0 Å². The van der Waals surface area contributed by atoms with Crippen molar-refractivity contribution < 1.29 is 13.9 Å². The topological polar surface area (TPSA) is 43.6 Å². The van der Waals surface area contributed by atoms with Gasteiger partial charge in [-0.25, -0.2) is 0 Å². The number of rotatable bonds is 4. The first-order valence-corrected chi connectivity index (χ1v) is 5.32. The van der Waals surface area contributed by atoms with E-state index in [1.807, 2.05) is 12.1 Å². The third kappa shape index (κ3) is 3.06. The molecule has 1 aromatic heterocycles. The molecule has 0 aliphatic carbocycles. The number of furan rings is 1. The van der Waals surface area contributed by atoms with Crippen LogP contribution in [-0.4, -0.2) is 32.5 Å². The average Bonchev–Trinajstić information content (AvgIpc) is 2.81. The summed E-state index contributed by atoms with van der Waals surface area (Å²) in [5.41, 5.74) is 0. The fourth-order valence-electron chi connectivity index (χ4n) is 1.60. The molecule has 4 heteroatoms. The standard InChI is InChI=1S/C11H17NO3/c1-9(11-3-2-4-15-11)12-7-10-8-13-5-6-14-10/h2-4,9-10,12H,5-8H2,1H3. The Balaban J connectivity index is 1.73. The molecule has 2 heterocycles. The quantitative estimate of drug-likeness (QED) is 0.816. The number of hydrogen-bond acceptors (Lipinski definition) is 4. The van der Waals surface area contributed by atoms with Crippen molar-refractivity contribution in [3.63, 3.8) is 0 Å². The lowest BCUT2D eigenvalue weighted by Gasteiger charge is -2.24. The summed E-state index contributed by atoms with van der Waals surface area (Å²) < 4.78 is 16.1. The molecule has 0 aromatic carbocycles. The summed E-state index contributed by atoms with van der Waals surface area (Å²) in [5, 5.41) is 3.36. The van der Waals surface area contributed by atoms with Gasteiger partial charge in [-0.1, -0.05) is 0 Å². The highest BCUT2D eigenvalue weighted by atomic mass is 16.6. The summed E-state index contributed by atoms with van der Waals surface area (Å²) >= 11 is 0. The molecule has 1 aliphatic rings. The van der Waals surface area contributed by atoms with Gasteiger partial charge in [0.15, 0.2) is 0 Å². The Morgan fingerprint density at radius 1 is 1.53 bits per heavy atom. The van der Waals surface area contributed by atoms with E-state index in [1.165, 1.54) is 0 Å². The minimum absolute atomic E-state index is 0.163. The van der Waals surface area contributed by atoms with E-state index in [4.69, 9.17) is 13.9 Å². The SMILES string of the molecule is CC(NCC1COCCO1)c1ccco1. The Labute approximate surface area is 89.6 Å². The maximum Gasteiger partial charge on any atom is 0.120 e. The summed E-state index contributed by atoms with van der Waals surface area (Å²) in [6.45, 7) is 4.95. The van der Waals surface area contributed by atoms with E-state index in [9.17, 15) is 0 Å². The van der Waals surface area contributed by atoms with Crippen LogP contribution in [0.25, 0.3) is 0 Å². The predicted octanol–water partition coefficient (Wildman–Crippen LogP) is 1.35. The molecule has 2 rings (SSSR count). The third-order valence-electron chi connectivity index (χ3n) is 2.51. The normalized spacial score (nSPS) is 23.9. The second-order valence-electron chi connectivity index (χ2n) is 3.71. The van der Waals surface area contributed by atoms with Crippen LogP contribution in [0.15, 0.2) is 22.8 Å². The minimum atomic E-state index is 0.163.